The molecule has 0 atom stereocenters. The zero-order valence-electron chi connectivity index (χ0n) is 16.6. The van der Waals surface area contributed by atoms with Gasteiger partial charge >= 0.3 is 11.9 Å². The average Bonchev–Trinajstić information content (AvgIpc) is 2.58. The lowest BCUT2D eigenvalue weighted by atomic mass is 9.44. The van der Waals surface area contributed by atoms with Crippen molar-refractivity contribution in [3.8, 4) is 0 Å². The van der Waals surface area contributed by atoms with Gasteiger partial charge in [-0.2, -0.15) is 0 Å². The molecule has 144 valence electrons. The van der Waals surface area contributed by atoms with Crippen LogP contribution in [0.4, 0.5) is 0 Å². The first-order valence-electron chi connectivity index (χ1n) is 9.97. The molecule has 0 unspecified atom stereocenters. The fraction of sp³-hybridized carbons (Fsp3) is 0.727. The molecule has 4 aliphatic carbocycles. The van der Waals surface area contributed by atoms with Crippen molar-refractivity contribution in [2.45, 2.75) is 77.4 Å². The maximum absolute atomic E-state index is 12.3. The highest BCUT2D eigenvalue weighted by molar-refractivity contribution is 5.88. The number of hydrogen-bond acceptors (Lipinski definition) is 4. The van der Waals surface area contributed by atoms with Crippen LogP contribution in [0.3, 0.4) is 0 Å². The van der Waals surface area contributed by atoms with Gasteiger partial charge in [-0.1, -0.05) is 27.0 Å². The molecular formula is C22H32O4. The Labute approximate surface area is 157 Å². The summed E-state index contributed by atoms with van der Waals surface area (Å²) in [4.78, 5) is 24.6. The van der Waals surface area contributed by atoms with Gasteiger partial charge in [0.2, 0.25) is 0 Å². The topological polar surface area (TPSA) is 52.6 Å². The van der Waals surface area contributed by atoms with E-state index in [0.29, 0.717) is 34.8 Å². The Morgan fingerprint density at radius 2 is 1.04 bits per heavy atom. The maximum Gasteiger partial charge on any atom is 0.333 e. The summed E-state index contributed by atoms with van der Waals surface area (Å²) in [5.41, 5.74) is 0.178. The second-order valence-corrected chi connectivity index (χ2v) is 8.69. The van der Waals surface area contributed by atoms with Crippen LogP contribution in [0, 0.1) is 23.7 Å². The number of hydrogen-bond donors (Lipinski definition) is 0. The van der Waals surface area contributed by atoms with Crippen molar-refractivity contribution in [2.24, 2.45) is 23.7 Å². The van der Waals surface area contributed by atoms with E-state index in [1.165, 1.54) is 0 Å². The van der Waals surface area contributed by atoms with E-state index in [0.717, 1.165) is 38.5 Å². The van der Waals surface area contributed by atoms with E-state index in [9.17, 15) is 9.59 Å². The van der Waals surface area contributed by atoms with Crippen molar-refractivity contribution in [2.75, 3.05) is 0 Å². The Kier molecular flexibility index (Phi) is 4.83. The van der Waals surface area contributed by atoms with Gasteiger partial charge in [0.15, 0.2) is 0 Å². The molecule has 4 aliphatic rings. The molecule has 26 heavy (non-hydrogen) atoms. The fourth-order valence-corrected chi connectivity index (χ4v) is 6.17. The third-order valence-electron chi connectivity index (χ3n) is 7.41. The number of carbonyl (C=O) groups is 2. The van der Waals surface area contributed by atoms with E-state index in [-0.39, 0.29) is 23.1 Å². The van der Waals surface area contributed by atoms with Crippen LogP contribution in [0.1, 0.15) is 66.2 Å². The van der Waals surface area contributed by atoms with Gasteiger partial charge in [-0.05, 0) is 76.0 Å². The highest BCUT2D eigenvalue weighted by Crippen LogP contribution is 2.65. The molecule has 0 aromatic carbocycles. The predicted octanol–water partition coefficient (Wildman–Crippen LogP) is 4.59. The van der Waals surface area contributed by atoms with Crippen LogP contribution in [0.2, 0.25) is 0 Å². The zero-order valence-corrected chi connectivity index (χ0v) is 16.6. The fourth-order valence-electron chi connectivity index (χ4n) is 6.17. The van der Waals surface area contributed by atoms with Gasteiger partial charge in [-0.25, -0.2) is 9.59 Å². The lowest BCUT2D eigenvalue weighted by molar-refractivity contribution is -0.261. The zero-order chi connectivity index (χ0) is 19.3. The summed E-state index contributed by atoms with van der Waals surface area (Å²) in [5, 5.41) is 0. The SMILES string of the molecule is C=C(C)C(=O)OC1(CC)C2CC3CC1CC(C2)C3(CC)OC(=O)C(=C)C. The highest BCUT2D eigenvalue weighted by Gasteiger charge is 2.67. The summed E-state index contributed by atoms with van der Waals surface area (Å²) in [5.74, 6) is 0.857. The molecule has 4 rings (SSSR count). The molecule has 4 fully saturated rings. The average molecular weight is 360 g/mol. The Balaban J connectivity index is 1.87. The molecule has 0 aliphatic heterocycles. The van der Waals surface area contributed by atoms with E-state index >= 15 is 0 Å². The summed E-state index contributed by atoms with van der Waals surface area (Å²) in [6.45, 7) is 15.2. The monoisotopic (exact) mass is 360 g/mol. The van der Waals surface area contributed by atoms with Crippen molar-refractivity contribution in [1.29, 1.82) is 0 Å². The molecule has 0 heterocycles. The second-order valence-electron chi connectivity index (χ2n) is 8.69. The Bertz CT molecular complexity index is 563. The summed E-state index contributed by atoms with van der Waals surface area (Å²) in [6.07, 6.45) is 5.52. The van der Waals surface area contributed by atoms with Crippen LogP contribution in [-0.2, 0) is 19.1 Å². The van der Waals surface area contributed by atoms with Crippen LogP contribution < -0.4 is 0 Å². The molecule has 0 spiro atoms. The first-order valence-corrected chi connectivity index (χ1v) is 9.97. The first kappa shape index (κ1) is 19.2. The number of rotatable bonds is 6. The normalized spacial score (nSPS) is 40.2. The lowest BCUT2D eigenvalue weighted by Gasteiger charge is -2.66. The van der Waals surface area contributed by atoms with Crippen molar-refractivity contribution in [1.82, 2.24) is 0 Å². The van der Waals surface area contributed by atoms with E-state index in [2.05, 4.69) is 27.0 Å². The summed E-state index contributed by atoms with van der Waals surface area (Å²) < 4.78 is 12.2. The molecule has 4 bridgehead atoms. The van der Waals surface area contributed by atoms with Crippen LogP contribution in [0.15, 0.2) is 24.3 Å². The smallest absolute Gasteiger partial charge is 0.333 e. The van der Waals surface area contributed by atoms with Crippen LogP contribution >= 0.6 is 0 Å². The van der Waals surface area contributed by atoms with Gasteiger partial charge in [-0.15, -0.1) is 0 Å². The molecule has 0 saturated heterocycles. The third-order valence-corrected chi connectivity index (χ3v) is 7.41. The molecule has 4 nitrogen and oxygen atoms in total. The quantitative estimate of drug-likeness (QED) is 0.513. The van der Waals surface area contributed by atoms with Gasteiger partial charge in [-0.3, -0.25) is 0 Å². The van der Waals surface area contributed by atoms with Gasteiger partial charge in [0.1, 0.15) is 11.2 Å². The van der Waals surface area contributed by atoms with Crippen molar-refractivity contribution in [3.63, 3.8) is 0 Å². The van der Waals surface area contributed by atoms with E-state index < -0.39 is 0 Å². The minimum absolute atomic E-state index is 0.269. The second kappa shape index (κ2) is 6.54. The number of esters is 2. The first-order chi connectivity index (χ1) is 12.2. The van der Waals surface area contributed by atoms with E-state index in [4.69, 9.17) is 9.47 Å². The summed E-state index contributed by atoms with van der Waals surface area (Å²) in [6, 6.07) is 0. The predicted molar refractivity (Wildman–Crippen MR) is 100 cm³/mol. The standard InChI is InChI=1S/C22H32O4/c1-7-21(25-19(23)13(3)4)15-9-17-11-16(21)12-18(10-15)22(17,8-2)26-20(24)14(5)6/h15-18H,3,5,7-12H2,1-2,4,6H3. The molecule has 0 amide bonds. The van der Waals surface area contributed by atoms with Crippen molar-refractivity contribution < 1.29 is 19.1 Å². The van der Waals surface area contributed by atoms with E-state index in [1.54, 1.807) is 13.8 Å². The van der Waals surface area contributed by atoms with E-state index in [1.807, 2.05) is 0 Å². The molecule has 4 heteroatoms. The molecule has 0 aromatic heterocycles. The molecule has 0 radical (unpaired) electrons. The highest BCUT2D eigenvalue weighted by atomic mass is 16.6. The molecular weight excluding hydrogens is 328 g/mol. The lowest BCUT2D eigenvalue weighted by Crippen LogP contribution is -2.68. The van der Waals surface area contributed by atoms with Crippen molar-refractivity contribution in [3.05, 3.63) is 24.3 Å². The summed E-state index contributed by atoms with van der Waals surface area (Å²) >= 11 is 0. The van der Waals surface area contributed by atoms with Crippen molar-refractivity contribution >= 4 is 11.9 Å². The van der Waals surface area contributed by atoms with Gasteiger partial charge in [0, 0.05) is 11.1 Å². The molecule has 4 saturated carbocycles. The number of ether oxygens (including phenoxy) is 2. The molecule has 0 aromatic rings. The minimum atomic E-state index is -0.374. The molecule has 0 N–H and O–H groups in total. The maximum atomic E-state index is 12.3. The Hall–Kier alpha value is -1.58. The van der Waals surface area contributed by atoms with Gasteiger partial charge in [0.25, 0.3) is 0 Å². The summed E-state index contributed by atoms with van der Waals surface area (Å²) in [7, 11) is 0. The van der Waals surface area contributed by atoms with Gasteiger partial charge < -0.3 is 9.47 Å². The van der Waals surface area contributed by atoms with Crippen LogP contribution in [-0.4, -0.2) is 23.1 Å². The Morgan fingerprint density at radius 3 is 1.23 bits per heavy atom. The third kappa shape index (κ3) is 2.64. The van der Waals surface area contributed by atoms with Crippen LogP contribution in [0.5, 0.6) is 0 Å². The van der Waals surface area contributed by atoms with Gasteiger partial charge in [0.05, 0.1) is 0 Å². The number of carbonyl (C=O) groups excluding carboxylic acids is 2. The largest absolute Gasteiger partial charge is 0.455 e. The minimum Gasteiger partial charge on any atom is -0.455 e. The Morgan fingerprint density at radius 1 is 0.769 bits per heavy atom. The van der Waals surface area contributed by atoms with Crippen LogP contribution in [0.25, 0.3) is 0 Å².